The van der Waals surface area contributed by atoms with E-state index in [0.717, 1.165) is 0 Å². The van der Waals surface area contributed by atoms with E-state index >= 15 is 0 Å². The minimum absolute atomic E-state index is 0.0386. The number of benzene rings is 2. The number of halogens is 3. The van der Waals surface area contributed by atoms with Crippen LogP contribution in [-0.4, -0.2) is 19.5 Å². The molecule has 0 saturated carbocycles. The first-order chi connectivity index (χ1) is 13.2. The maximum Gasteiger partial charge on any atom is 0.248 e. The SMILES string of the molecule is Cc1cc(NC(=O)C(c2ccccc2)S(=O)(=O)c2c(F)cc(F)cc2F)no1. The summed E-state index contributed by atoms with van der Waals surface area (Å²) in [4.78, 5) is 11.3. The van der Waals surface area contributed by atoms with Gasteiger partial charge in [-0.3, -0.25) is 4.79 Å². The number of nitrogens with one attached hydrogen (secondary N) is 1. The topological polar surface area (TPSA) is 89.3 Å². The Kier molecular flexibility index (Phi) is 5.23. The molecule has 0 radical (unpaired) electrons. The fourth-order valence-corrected chi connectivity index (χ4v) is 4.39. The van der Waals surface area contributed by atoms with Crippen LogP contribution in [0.25, 0.3) is 0 Å². The summed E-state index contributed by atoms with van der Waals surface area (Å²) in [6.45, 7) is 1.55. The number of hydrogen-bond donors (Lipinski definition) is 1. The van der Waals surface area contributed by atoms with Crippen LogP contribution in [0.2, 0.25) is 0 Å². The van der Waals surface area contributed by atoms with E-state index in [1.807, 2.05) is 0 Å². The molecule has 146 valence electrons. The number of amides is 1. The number of anilines is 1. The quantitative estimate of drug-likeness (QED) is 0.650. The molecular weight excluding hydrogens is 397 g/mol. The van der Waals surface area contributed by atoms with Crippen LogP contribution in [0.15, 0.2) is 57.9 Å². The van der Waals surface area contributed by atoms with Crippen LogP contribution in [0.4, 0.5) is 19.0 Å². The molecule has 1 aromatic heterocycles. The van der Waals surface area contributed by atoms with Gasteiger partial charge in [0.1, 0.15) is 28.1 Å². The number of aromatic nitrogens is 1. The molecule has 1 amide bonds. The Morgan fingerprint density at radius 3 is 2.21 bits per heavy atom. The standard InChI is InChI=1S/C18H13F3N2O4S/c1-10-7-15(23-27-10)22-18(24)16(11-5-3-2-4-6-11)28(25,26)17-13(20)8-12(19)9-14(17)21/h2-9,16H,1H3,(H,22,23,24). The van der Waals surface area contributed by atoms with Gasteiger partial charge in [0.25, 0.3) is 0 Å². The molecule has 3 aromatic rings. The Labute approximate surface area is 157 Å². The summed E-state index contributed by atoms with van der Waals surface area (Å²) in [6, 6.07) is 8.93. The molecule has 6 nitrogen and oxygen atoms in total. The number of aryl methyl sites for hydroxylation is 1. The molecule has 1 N–H and O–H groups in total. The van der Waals surface area contributed by atoms with Crippen LogP contribution in [-0.2, 0) is 14.6 Å². The Balaban J connectivity index is 2.12. The normalized spacial score (nSPS) is 12.6. The highest BCUT2D eigenvalue weighted by molar-refractivity contribution is 7.92. The highest BCUT2D eigenvalue weighted by Gasteiger charge is 2.40. The van der Waals surface area contributed by atoms with Crippen LogP contribution >= 0.6 is 0 Å². The summed E-state index contributed by atoms with van der Waals surface area (Å²) in [5.41, 5.74) is -0.0386. The van der Waals surface area contributed by atoms with Gasteiger partial charge in [-0.15, -0.1) is 0 Å². The Hall–Kier alpha value is -3.14. The van der Waals surface area contributed by atoms with Crippen LogP contribution in [0.5, 0.6) is 0 Å². The van der Waals surface area contributed by atoms with Crippen LogP contribution in [0, 0.1) is 24.4 Å². The Morgan fingerprint density at radius 2 is 1.68 bits per heavy atom. The molecule has 0 aliphatic carbocycles. The van der Waals surface area contributed by atoms with E-state index in [9.17, 15) is 26.4 Å². The van der Waals surface area contributed by atoms with E-state index in [4.69, 9.17) is 4.52 Å². The van der Waals surface area contributed by atoms with Gasteiger partial charge >= 0.3 is 0 Å². The zero-order chi connectivity index (χ0) is 20.5. The van der Waals surface area contributed by atoms with Crippen molar-refractivity contribution in [2.24, 2.45) is 0 Å². The van der Waals surface area contributed by atoms with Crippen molar-refractivity contribution < 1.29 is 30.9 Å². The molecule has 0 bridgehead atoms. The molecule has 1 atom stereocenters. The maximum atomic E-state index is 14.2. The lowest BCUT2D eigenvalue weighted by Crippen LogP contribution is -2.29. The molecule has 0 aliphatic heterocycles. The summed E-state index contributed by atoms with van der Waals surface area (Å²) in [5.74, 6) is -5.38. The van der Waals surface area contributed by atoms with Crippen molar-refractivity contribution in [1.82, 2.24) is 5.16 Å². The van der Waals surface area contributed by atoms with E-state index in [0.29, 0.717) is 5.76 Å². The predicted octanol–water partition coefficient (Wildman–Crippen LogP) is 3.55. The van der Waals surface area contributed by atoms with E-state index in [1.165, 1.54) is 30.3 Å². The van der Waals surface area contributed by atoms with Crippen LogP contribution < -0.4 is 5.32 Å². The summed E-state index contributed by atoms with van der Waals surface area (Å²) < 4.78 is 72.3. The second kappa shape index (κ2) is 7.47. The molecule has 3 rings (SSSR count). The molecule has 1 unspecified atom stereocenters. The number of carbonyl (C=O) groups excluding carboxylic acids is 1. The molecule has 0 spiro atoms. The fraction of sp³-hybridized carbons (Fsp3) is 0.111. The van der Waals surface area contributed by atoms with E-state index < -0.39 is 43.3 Å². The fourth-order valence-electron chi connectivity index (χ4n) is 2.63. The first-order valence-electron chi connectivity index (χ1n) is 7.87. The van der Waals surface area contributed by atoms with Crippen molar-refractivity contribution in [3.63, 3.8) is 0 Å². The number of rotatable bonds is 5. The van der Waals surface area contributed by atoms with Gasteiger partial charge in [-0.1, -0.05) is 35.5 Å². The lowest BCUT2D eigenvalue weighted by molar-refractivity contribution is -0.116. The van der Waals surface area contributed by atoms with Crippen molar-refractivity contribution >= 4 is 21.6 Å². The van der Waals surface area contributed by atoms with Crippen molar-refractivity contribution in [1.29, 1.82) is 0 Å². The minimum atomic E-state index is -4.93. The average Bonchev–Trinajstić information content (AvgIpc) is 2.99. The number of carbonyl (C=O) groups is 1. The second-order valence-corrected chi connectivity index (χ2v) is 7.82. The lowest BCUT2D eigenvalue weighted by Gasteiger charge is -2.18. The minimum Gasteiger partial charge on any atom is -0.360 e. The van der Waals surface area contributed by atoms with Crippen molar-refractivity contribution in [2.45, 2.75) is 17.1 Å². The summed E-state index contributed by atoms with van der Waals surface area (Å²) in [7, 11) is -4.93. The van der Waals surface area contributed by atoms with Crippen molar-refractivity contribution in [3.8, 4) is 0 Å². The third-order valence-electron chi connectivity index (χ3n) is 3.78. The molecule has 1 heterocycles. The third-order valence-corrected chi connectivity index (χ3v) is 5.84. The summed E-state index contributed by atoms with van der Waals surface area (Å²) in [6.07, 6.45) is 0. The highest BCUT2D eigenvalue weighted by atomic mass is 32.2. The molecule has 2 aromatic carbocycles. The molecule has 0 saturated heterocycles. The largest absolute Gasteiger partial charge is 0.360 e. The van der Waals surface area contributed by atoms with Gasteiger partial charge in [0.2, 0.25) is 5.91 Å². The van der Waals surface area contributed by atoms with Gasteiger partial charge in [-0.2, -0.15) is 0 Å². The number of nitrogens with zero attached hydrogens (tertiary/aromatic N) is 1. The highest BCUT2D eigenvalue weighted by Crippen LogP contribution is 2.33. The van der Waals surface area contributed by atoms with Crippen molar-refractivity contribution in [2.75, 3.05) is 5.32 Å². The molecule has 0 aliphatic rings. The lowest BCUT2D eigenvalue weighted by atomic mass is 10.1. The molecule has 0 fully saturated rings. The van der Waals surface area contributed by atoms with Gasteiger partial charge in [-0.05, 0) is 12.5 Å². The van der Waals surface area contributed by atoms with Gasteiger partial charge in [-0.25, -0.2) is 21.6 Å². The van der Waals surface area contributed by atoms with E-state index in [2.05, 4.69) is 10.5 Å². The number of sulfone groups is 1. The van der Waals surface area contributed by atoms with E-state index in [-0.39, 0.29) is 23.5 Å². The third kappa shape index (κ3) is 3.77. The Morgan fingerprint density at radius 1 is 1.07 bits per heavy atom. The molecule has 28 heavy (non-hydrogen) atoms. The van der Waals surface area contributed by atoms with Gasteiger partial charge in [0, 0.05) is 18.2 Å². The second-order valence-electron chi connectivity index (χ2n) is 5.85. The van der Waals surface area contributed by atoms with Gasteiger partial charge < -0.3 is 9.84 Å². The average molecular weight is 410 g/mol. The van der Waals surface area contributed by atoms with Crippen LogP contribution in [0.3, 0.4) is 0 Å². The van der Waals surface area contributed by atoms with E-state index in [1.54, 1.807) is 13.0 Å². The van der Waals surface area contributed by atoms with Gasteiger partial charge in [0.05, 0.1) is 0 Å². The zero-order valence-corrected chi connectivity index (χ0v) is 15.1. The summed E-state index contributed by atoms with van der Waals surface area (Å²) in [5, 5.41) is 3.77. The zero-order valence-electron chi connectivity index (χ0n) is 14.3. The smallest absolute Gasteiger partial charge is 0.248 e. The number of hydrogen-bond acceptors (Lipinski definition) is 5. The monoisotopic (exact) mass is 410 g/mol. The van der Waals surface area contributed by atoms with Crippen molar-refractivity contribution in [3.05, 3.63) is 77.3 Å². The molecule has 10 heteroatoms. The first-order valence-corrected chi connectivity index (χ1v) is 9.42. The maximum absolute atomic E-state index is 14.2. The van der Waals surface area contributed by atoms with Crippen LogP contribution in [0.1, 0.15) is 16.6 Å². The first kappa shape index (κ1) is 19.6. The Bertz CT molecular complexity index is 1110. The summed E-state index contributed by atoms with van der Waals surface area (Å²) >= 11 is 0. The van der Waals surface area contributed by atoms with Gasteiger partial charge in [0.15, 0.2) is 20.9 Å². The molecular formula is C18H13F3N2O4S. The predicted molar refractivity (Wildman–Crippen MR) is 92.6 cm³/mol.